The van der Waals surface area contributed by atoms with E-state index in [1.807, 2.05) is 0 Å². The monoisotopic (exact) mass is 312 g/mol. The fourth-order valence-electron chi connectivity index (χ4n) is 2.32. The maximum Gasteiger partial charge on any atom is 0.322 e. The van der Waals surface area contributed by atoms with Gasteiger partial charge in [-0.25, -0.2) is 8.42 Å². The van der Waals surface area contributed by atoms with Gasteiger partial charge in [0.1, 0.15) is 6.04 Å². The number of hydrogen-bond donors (Lipinski definition) is 2. The molecule has 1 saturated heterocycles. The van der Waals surface area contributed by atoms with Crippen LogP contribution in [-0.4, -0.2) is 42.3 Å². The van der Waals surface area contributed by atoms with E-state index in [1.165, 1.54) is 31.2 Å². The van der Waals surface area contributed by atoms with E-state index in [0.29, 0.717) is 18.5 Å². The van der Waals surface area contributed by atoms with E-state index >= 15 is 0 Å². The average molecular weight is 312 g/mol. The molecule has 1 aliphatic rings. The van der Waals surface area contributed by atoms with Gasteiger partial charge >= 0.3 is 5.97 Å². The Hall–Kier alpha value is -1.93. The normalized spacial score (nSPS) is 19.4. The molecule has 114 valence electrons. The van der Waals surface area contributed by atoms with Crippen LogP contribution in [0.5, 0.6) is 0 Å². The van der Waals surface area contributed by atoms with Crippen molar-refractivity contribution >= 4 is 27.6 Å². The zero-order valence-electron chi connectivity index (χ0n) is 11.4. The van der Waals surface area contributed by atoms with Crippen molar-refractivity contribution in [1.82, 2.24) is 4.31 Å². The first-order chi connectivity index (χ1) is 9.82. The van der Waals surface area contributed by atoms with Crippen LogP contribution in [-0.2, 0) is 19.6 Å². The second-order valence-electron chi connectivity index (χ2n) is 4.82. The summed E-state index contributed by atoms with van der Waals surface area (Å²) >= 11 is 0. The summed E-state index contributed by atoms with van der Waals surface area (Å²) in [7, 11) is -3.84. The number of nitrogens with one attached hydrogen (secondary N) is 1. The van der Waals surface area contributed by atoms with E-state index < -0.39 is 22.0 Å². The number of carbonyl (C=O) groups excluding carboxylic acids is 1. The van der Waals surface area contributed by atoms with E-state index in [4.69, 9.17) is 5.11 Å². The molecule has 2 rings (SSSR count). The van der Waals surface area contributed by atoms with Crippen LogP contribution in [0.15, 0.2) is 29.2 Å². The summed E-state index contributed by atoms with van der Waals surface area (Å²) in [6, 6.07) is 4.65. The fourth-order valence-corrected chi connectivity index (χ4v) is 3.97. The zero-order chi connectivity index (χ0) is 15.6. The van der Waals surface area contributed by atoms with Crippen LogP contribution in [0.1, 0.15) is 19.8 Å². The van der Waals surface area contributed by atoms with Gasteiger partial charge in [0, 0.05) is 19.2 Å². The lowest BCUT2D eigenvalue weighted by Crippen LogP contribution is -2.40. The molecule has 7 nitrogen and oxygen atoms in total. The maximum absolute atomic E-state index is 12.5. The molecule has 0 bridgehead atoms. The number of nitrogens with zero attached hydrogens (tertiary/aromatic N) is 1. The summed E-state index contributed by atoms with van der Waals surface area (Å²) in [6.45, 7) is 1.55. The largest absolute Gasteiger partial charge is 0.480 e. The van der Waals surface area contributed by atoms with E-state index in [-0.39, 0.29) is 17.3 Å². The number of sulfonamides is 1. The molecule has 1 aromatic rings. The van der Waals surface area contributed by atoms with Crippen LogP contribution in [0, 0.1) is 0 Å². The Kier molecular flexibility index (Phi) is 4.29. The highest BCUT2D eigenvalue weighted by atomic mass is 32.2. The number of carboxylic acid groups (broad SMARTS) is 1. The smallest absolute Gasteiger partial charge is 0.322 e. The Labute approximate surface area is 122 Å². The molecule has 0 radical (unpaired) electrons. The minimum atomic E-state index is -3.84. The Bertz CT molecular complexity index is 654. The van der Waals surface area contributed by atoms with Gasteiger partial charge in [-0.1, -0.05) is 0 Å². The molecular formula is C13H16N2O5S. The van der Waals surface area contributed by atoms with Crippen LogP contribution in [0.2, 0.25) is 0 Å². The third-order valence-corrected chi connectivity index (χ3v) is 5.19. The van der Waals surface area contributed by atoms with E-state index in [9.17, 15) is 18.0 Å². The molecule has 0 spiro atoms. The molecule has 1 aliphatic heterocycles. The minimum absolute atomic E-state index is 0.0183. The first-order valence-corrected chi connectivity index (χ1v) is 7.88. The van der Waals surface area contributed by atoms with Gasteiger partial charge in [0.25, 0.3) is 0 Å². The number of amides is 1. The first-order valence-electron chi connectivity index (χ1n) is 6.44. The highest BCUT2D eigenvalue weighted by Gasteiger charge is 2.39. The molecule has 0 unspecified atom stereocenters. The van der Waals surface area contributed by atoms with Gasteiger partial charge in [0.15, 0.2) is 0 Å². The summed E-state index contributed by atoms with van der Waals surface area (Å²) in [5.74, 6) is -1.39. The van der Waals surface area contributed by atoms with Crippen molar-refractivity contribution in [2.45, 2.75) is 30.7 Å². The molecule has 1 amide bonds. The average Bonchev–Trinajstić information content (AvgIpc) is 2.88. The van der Waals surface area contributed by atoms with E-state index in [2.05, 4.69) is 5.32 Å². The summed E-state index contributed by atoms with van der Waals surface area (Å²) in [6.07, 6.45) is 0.846. The SMILES string of the molecule is CC(=O)Nc1ccc(S(=O)(=O)N2CCC[C@H]2C(=O)O)cc1. The second kappa shape index (κ2) is 5.82. The Morgan fingerprint density at radius 1 is 1.29 bits per heavy atom. The summed E-state index contributed by atoms with van der Waals surface area (Å²) in [5.41, 5.74) is 0.484. The first kappa shape index (κ1) is 15.5. The number of carboxylic acids is 1. The van der Waals surface area contributed by atoms with Gasteiger partial charge in [-0.3, -0.25) is 9.59 Å². The van der Waals surface area contributed by atoms with Gasteiger partial charge in [0.2, 0.25) is 15.9 Å². The van der Waals surface area contributed by atoms with Crippen LogP contribution in [0.3, 0.4) is 0 Å². The molecule has 2 N–H and O–H groups in total. The predicted octanol–water partition coefficient (Wildman–Crippen LogP) is 0.883. The molecule has 1 fully saturated rings. The van der Waals surface area contributed by atoms with Crippen LogP contribution in [0.25, 0.3) is 0 Å². The number of rotatable bonds is 4. The molecule has 8 heteroatoms. The van der Waals surface area contributed by atoms with Gasteiger partial charge in [-0.15, -0.1) is 0 Å². The van der Waals surface area contributed by atoms with Gasteiger partial charge < -0.3 is 10.4 Å². The van der Waals surface area contributed by atoms with E-state index in [0.717, 1.165) is 4.31 Å². The quantitative estimate of drug-likeness (QED) is 0.859. The Balaban J connectivity index is 2.27. The number of anilines is 1. The Morgan fingerprint density at radius 3 is 2.43 bits per heavy atom. The van der Waals surface area contributed by atoms with Crippen LogP contribution < -0.4 is 5.32 Å². The van der Waals surface area contributed by atoms with Crippen molar-refractivity contribution in [2.75, 3.05) is 11.9 Å². The lowest BCUT2D eigenvalue weighted by Gasteiger charge is -2.21. The lowest BCUT2D eigenvalue weighted by atomic mass is 10.2. The number of benzene rings is 1. The summed E-state index contributed by atoms with van der Waals surface area (Å²) in [5, 5.41) is 11.6. The lowest BCUT2D eigenvalue weighted by molar-refractivity contribution is -0.140. The van der Waals surface area contributed by atoms with Crippen molar-refractivity contribution in [1.29, 1.82) is 0 Å². The molecule has 0 aliphatic carbocycles. The van der Waals surface area contributed by atoms with Crippen LogP contribution >= 0.6 is 0 Å². The van der Waals surface area contributed by atoms with E-state index in [1.54, 1.807) is 0 Å². The van der Waals surface area contributed by atoms with Gasteiger partial charge in [0.05, 0.1) is 4.90 Å². The van der Waals surface area contributed by atoms with Crippen molar-refractivity contribution in [3.05, 3.63) is 24.3 Å². The van der Waals surface area contributed by atoms with Gasteiger partial charge in [-0.05, 0) is 37.1 Å². The second-order valence-corrected chi connectivity index (χ2v) is 6.71. The fraction of sp³-hybridized carbons (Fsp3) is 0.385. The molecule has 1 atom stereocenters. The molecular weight excluding hydrogens is 296 g/mol. The molecule has 0 aromatic heterocycles. The van der Waals surface area contributed by atoms with Crippen molar-refractivity contribution in [3.8, 4) is 0 Å². The van der Waals surface area contributed by atoms with Crippen molar-refractivity contribution in [3.63, 3.8) is 0 Å². The van der Waals surface area contributed by atoms with Crippen molar-refractivity contribution < 1.29 is 23.1 Å². The predicted molar refractivity (Wildman–Crippen MR) is 75.3 cm³/mol. The Morgan fingerprint density at radius 2 is 1.90 bits per heavy atom. The summed E-state index contributed by atoms with van der Waals surface area (Å²) < 4.78 is 25.9. The zero-order valence-corrected chi connectivity index (χ0v) is 12.3. The topological polar surface area (TPSA) is 104 Å². The maximum atomic E-state index is 12.5. The number of carbonyl (C=O) groups is 2. The van der Waals surface area contributed by atoms with Gasteiger partial charge in [-0.2, -0.15) is 4.31 Å². The highest BCUT2D eigenvalue weighted by molar-refractivity contribution is 7.89. The third kappa shape index (κ3) is 3.22. The third-order valence-electron chi connectivity index (χ3n) is 3.27. The van der Waals surface area contributed by atoms with Crippen LogP contribution in [0.4, 0.5) is 5.69 Å². The number of aliphatic carboxylic acids is 1. The number of hydrogen-bond acceptors (Lipinski definition) is 4. The summed E-state index contributed by atoms with van der Waals surface area (Å²) in [4.78, 5) is 22.0. The molecule has 1 aromatic carbocycles. The standard InChI is InChI=1S/C13H16N2O5S/c1-9(16)14-10-4-6-11(7-5-10)21(19,20)15-8-2-3-12(15)13(17)18/h4-7,12H,2-3,8H2,1H3,(H,14,16)(H,17,18)/t12-/m0/s1. The molecule has 0 saturated carbocycles. The molecule has 21 heavy (non-hydrogen) atoms. The molecule has 1 heterocycles. The highest BCUT2D eigenvalue weighted by Crippen LogP contribution is 2.26. The minimum Gasteiger partial charge on any atom is -0.480 e. The van der Waals surface area contributed by atoms with Crippen molar-refractivity contribution in [2.24, 2.45) is 0 Å².